The van der Waals surface area contributed by atoms with Crippen LogP contribution in [-0.4, -0.2) is 31.1 Å². The first-order valence-electron chi connectivity index (χ1n) is 6.34. The largest absolute Gasteiger partial charge is 0.270 e. The van der Waals surface area contributed by atoms with E-state index < -0.39 is 10.1 Å². The maximum absolute atomic E-state index is 10.9. The average Bonchev–Trinajstić information content (AvgIpc) is 2.64. The first-order valence-corrected chi connectivity index (χ1v) is 8.16. The topological polar surface area (TPSA) is 61.2 Å². The summed E-state index contributed by atoms with van der Waals surface area (Å²) in [5.41, 5.74) is 3.38. The molecule has 0 N–H and O–H groups in total. The molecule has 1 rings (SSSR count). The van der Waals surface area contributed by atoms with Gasteiger partial charge in [-0.25, -0.2) is 0 Å². The van der Waals surface area contributed by atoms with Gasteiger partial charge in [-0.3, -0.25) is 8.86 Å². The van der Waals surface area contributed by atoms with E-state index in [2.05, 4.69) is 25.9 Å². The van der Waals surface area contributed by atoms with Crippen molar-refractivity contribution in [2.24, 2.45) is 0 Å². The molecule has 0 spiro atoms. The van der Waals surface area contributed by atoms with Crippen LogP contribution in [-0.2, 0) is 40.1 Å². The van der Waals surface area contributed by atoms with Crippen LogP contribution >= 0.6 is 0 Å². The zero-order chi connectivity index (χ0) is 13.8. The van der Waals surface area contributed by atoms with E-state index >= 15 is 0 Å². The summed E-state index contributed by atoms with van der Waals surface area (Å²) in [7, 11) is -3.36. The van der Waals surface area contributed by atoms with Gasteiger partial charge in [-0.1, -0.05) is 13.8 Å². The van der Waals surface area contributed by atoms with E-state index in [4.69, 9.17) is 4.18 Å². The highest BCUT2D eigenvalue weighted by molar-refractivity contribution is 7.85. The summed E-state index contributed by atoms with van der Waals surface area (Å²) in [6, 6.07) is 0. The fraction of sp³-hybridized carbons (Fsp3) is 0.750. The Balaban J connectivity index is 2.88. The molecule has 0 aliphatic carbocycles. The lowest BCUT2D eigenvalue weighted by molar-refractivity contribution is 0.325. The van der Waals surface area contributed by atoms with Gasteiger partial charge in [0.1, 0.15) is 0 Å². The highest BCUT2D eigenvalue weighted by Gasteiger charge is 2.15. The second kappa shape index (κ2) is 6.33. The molecule has 6 heteroatoms. The van der Waals surface area contributed by atoms with Gasteiger partial charge >= 0.3 is 0 Å². The van der Waals surface area contributed by atoms with E-state index in [0.29, 0.717) is 6.42 Å². The van der Waals surface area contributed by atoms with Crippen LogP contribution in [0.1, 0.15) is 37.7 Å². The number of hydrogen-bond donors (Lipinski definition) is 0. The van der Waals surface area contributed by atoms with Gasteiger partial charge in [-0.15, -0.1) is 0 Å². The van der Waals surface area contributed by atoms with Crippen molar-refractivity contribution in [1.82, 2.24) is 9.78 Å². The molecule has 0 amide bonds. The highest BCUT2D eigenvalue weighted by Crippen LogP contribution is 2.17. The number of nitrogens with zero attached hydrogens (tertiary/aromatic N) is 2. The second-order valence-corrected chi connectivity index (χ2v) is 5.81. The molecular formula is C12H22N2O3S. The molecular weight excluding hydrogens is 252 g/mol. The SMILES string of the molecule is CCc1nn(CC)c(CC)c1CCOS(C)(=O)=O. The first kappa shape index (κ1) is 15.2. The summed E-state index contributed by atoms with van der Waals surface area (Å²) >= 11 is 0. The molecule has 0 aliphatic rings. The third kappa shape index (κ3) is 3.81. The highest BCUT2D eigenvalue weighted by atomic mass is 32.2. The van der Waals surface area contributed by atoms with Gasteiger partial charge in [-0.2, -0.15) is 13.5 Å². The minimum absolute atomic E-state index is 0.189. The van der Waals surface area contributed by atoms with E-state index in [1.807, 2.05) is 4.68 Å². The number of aryl methyl sites for hydroxylation is 2. The first-order chi connectivity index (χ1) is 8.42. The standard InChI is InChI=1S/C12H22N2O3S/c1-5-11-10(8-9-17-18(4,15)16)12(6-2)14(7-3)13-11/h5-9H2,1-4H3. The van der Waals surface area contributed by atoms with Crippen molar-refractivity contribution >= 4 is 10.1 Å². The molecule has 0 saturated carbocycles. The van der Waals surface area contributed by atoms with Gasteiger partial charge in [0, 0.05) is 18.7 Å². The van der Waals surface area contributed by atoms with Crippen molar-refractivity contribution in [3.8, 4) is 0 Å². The Labute approximate surface area is 109 Å². The van der Waals surface area contributed by atoms with E-state index in [1.54, 1.807) is 0 Å². The van der Waals surface area contributed by atoms with Crippen molar-refractivity contribution < 1.29 is 12.6 Å². The molecule has 5 nitrogen and oxygen atoms in total. The monoisotopic (exact) mass is 274 g/mol. The fourth-order valence-corrected chi connectivity index (χ4v) is 2.50. The van der Waals surface area contributed by atoms with Crippen molar-refractivity contribution in [2.45, 2.75) is 46.6 Å². The number of aromatic nitrogens is 2. The van der Waals surface area contributed by atoms with Crippen LogP contribution in [0.3, 0.4) is 0 Å². The summed E-state index contributed by atoms with van der Waals surface area (Å²) in [4.78, 5) is 0. The maximum Gasteiger partial charge on any atom is 0.264 e. The van der Waals surface area contributed by atoms with Crippen LogP contribution < -0.4 is 0 Å². The minimum Gasteiger partial charge on any atom is -0.270 e. The average molecular weight is 274 g/mol. The van der Waals surface area contributed by atoms with Crippen LogP contribution in [0.2, 0.25) is 0 Å². The Kier molecular flexibility index (Phi) is 5.34. The molecule has 1 aromatic heterocycles. The lowest BCUT2D eigenvalue weighted by Crippen LogP contribution is -2.08. The third-order valence-electron chi connectivity index (χ3n) is 2.87. The van der Waals surface area contributed by atoms with Gasteiger partial charge in [-0.05, 0) is 25.3 Å². The summed E-state index contributed by atoms with van der Waals surface area (Å²) < 4.78 is 28.7. The lowest BCUT2D eigenvalue weighted by Gasteiger charge is -2.06. The Morgan fingerprint density at radius 3 is 2.33 bits per heavy atom. The van der Waals surface area contributed by atoms with Gasteiger partial charge in [0.15, 0.2) is 0 Å². The normalized spacial score (nSPS) is 12.0. The van der Waals surface area contributed by atoms with Crippen LogP contribution in [0.5, 0.6) is 0 Å². The van der Waals surface area contributed by atoms with Crippen molar-refractivity contribution in [3.63, 3.8) is 0 Å². The molecule has 104 valence electrons. The van der Waals surface area contributed by atoms with Crippen molar-refractivity contribution in [2.75, 3.05) is 12.9 Å². The minimum atomic E-state index is -3.36. The molecule has 18 heavy (non-hydrogen) atoms. The zero-order valence-corrected chi connectivity index (χ0v) is 12.4. The molecule has 0 aliphatic heterocycles. The summed E-state index contributed by atoms with van der Waals surface area (Å²) in [5.74, 6) is 0. The van der Waals surface area contributed by atoms with Crippen LogP contribution in [0.25, 0.3) is 0 Å². The predicted molar refractivity (Wildman–Crippen MR) is 71.2 cm³/mol. The maximum atomic E-state index is 10.9. The molecule has 0 radical (unpaired) electrons. The Morgan fingerprint density at radius 1 is 1.22 bits per heavy atom. The quantitative estimate of drug-likeness (QED) is 0.708. The lowest BCUT2D eigenvalue weighted by atomic mass is 10.1. The molecule has 0 unspecified atom stereocenters. The predicted octanol–water partition coefficient (Wildman–Crippen LogP) is 1.55. The number of hydrogen-bond acceptors (Lipinski definition) is 4. The van der Waals surface area contributed by atoms with Gasteiger partial charge in [0.05, 0.1) is 18.6 Å². The van der Waals surface area contributed by atoms with Gasteiger partial charge in [0.25, 0.3) is 10.1 Å². The van der Waals surface area contributed by atoms with E-state index in [0.717, 1.165) is 36.9 Å². The summed E-state index contributed by atoms with van der Waals surface area (Å²) in [5, 5.41) is 4.54. The van der Waals surface area contributed by atoms with E-state index in [9.17, 15) is 8.42 Å². The molecule has 0 aromatic carbocycles. The van der Waals surface area contributed by atoms with Crippen molar-refractivity contribution in [3.05, 3.63) is 17.0 Å². The van der Waals surface area contributed by atoms with Crippen molar-refractivity contribution in [1.29, 1.82) is 0 Å². The third-order valence-corrected chi connectivity index (χ3v) is 3.46. The zero-order valence-electron chi connectivity index (χ0n) is 11.6. The molecule has 1 aromatic rings. The van der Waals surface area contributed by atoms with Gasteiger partial charge in [0.2, 0.25) is 0 Å². The Hall–Kier alpha value is -0.880. The van der Waals surface area contributed by atoms with Crippen LogP contribution in [0, 0.1) is 0 Å². The molecule has 0 saturated heterocycles. The van der Waals surface area contributed by atoms with E-state index in [-0.39, 0.29) is 6.61 Å². The number of rotatable bonds is 7. The van der Waals surface area contributed by atoms with Crippen LogP contribution in [0.15, 0.2) is 0 Å². The van der Waals surface area contributed by atoms with Gasteiger partial charge < -0.3 is 0 Å². The smallest absolute Gasteiger partial charge is 0.264 e. The molecule has 0 fully saturated rings. The second-order valence-electron chi connectivity index (χ2n) is 4.17. The van der Waals surface area contributed by atoms with E-state index in [1.165, 1.54) is 5.69 Å². The summed E-state index contributed by atoms with van der Waals surface area (Å²) in [6.45, 7) is 7.23. The van der Waals surface area contributed by atoms with Crippen LogP contribution in [0.4, 0.5) is 0 Å². The molecule has 1 heterocycles. The Morgan fingerprint density at radius 2 is 1.89 bits per heavy atom. The molecule has 0 atom stereocenters. The summed E-state index contributed by atoms with van der Waals surface area (Å²) in [6.07, 6.45) is 3.42. The molecule has 0 bridgehead atoms. The fourth-order valence-electron chi connectivity index (χ4n) is 2.11. The Bertz CT molecular complexity index is 492.